The number of fused-ring (bicyclic) bond motifs is 1. The van der Waals surface area contributed by atoms with Crippen LogP contribution in [0.15, 0.2) is 37.4 Å². The molecule has 0 fully saturated rings. The second-order valence-electron chi connectivity index (χ2n) is 5.64. The van der Waals surface area contributed by atoms with Crippen LogP contribution in [0, 0.1) is 0 Å². The molecule has 0 saturated heterocycles. The molecule has 1 heterocycles. The average molecular weight is 361 g/mol. The first-order chi connectivity index (χ1) is 12.0. The molecule has 1 aliphatic heterocycles. The van der Waals surface area contributed by atoms with Gasteiger partial charge in [0.1, 0.15) is 5.60 Å². The van der Waals surface area contributed by atoms with Crippen molar-refractivity contribution in [2.45, 2.75) is 18.9 Å². The van der Waals surface area contributed by atoms with Gasteiger partial charge in [-0.3, -0.25) is 4.79 Å². The first-order valence-corrected chi connectivity index (χ1v) is 8.54. The number of carbonyl (C=O) groups excluding carboxylic acids is 1. The van der Waals surface area contributed by atoms with Gasteiger partial charge < -0.3 is 14.2 Å². The molecule has 1 aromatic rings. The first-order valence-electron chi connectivity index (χ1n) is 8.04. The number of hydrogen-bond acceptors (Lipinski definition) is 4. The van der Waals surface area contributed by atoms with Gasteiger partial charge in [-0.25, -0.2) is 4.90 Å². The Morgan fingerprint density at radius 2 is 2.00 bits per heavy atom. The molecule has 1 atom stereocenters. The first kappa shape index (κ1) is 19.4. The van der Waals surface area contributed by atoms with Gasteiger partial charge in [0, 0.05) is 19.0 Å². The maximum atomic E-state index is 12.1. The van der Waals surface area contributed by atoms with Gasteiger partial charge in [0.2, 0.25) is 0 Å². The van der Waals surface area contributed by atoms with Gasteiger partial charge in [-0.2, -0.15) is 0 Å². The van der Waals surface area contributed by atoms with Crippen molar-refractivity contribution in [1.82, 2.24) is 4.90 Å². The van der Waals surface area contributed by atoms with Gasteiger partial charge in [0.25, 0.3) is 0 Å². The molecule has 1 aliphatic rings. The predicted octanol–water partition coefficient (Wildman–Crippen LogP) is 3.18. The predicted molar refractivity (Wildman–Crippen MR) is 102 cm³/mol. The third-order valence-corrected chi connectivity index (χ3v) is 4.66. The van der Waals surface area contributed by atoms with Crippen LogP contribution >= 0.6 is 8.86 Å². The molecule has 2 rings (SSSR count). The van der Waals surface area contributed by atoms with Crippen LogP contribution in [0.3, 0.4) is 0 Å². The molecule has 25 heavy (non-hydrogen) atoms. The Kier molecular flexibility index (Phi) is 6.94. The molecule has 0 amide bonds. The van der Waals surface area contributed by atoms with E-state index in [9.17, 15) is 4.79 Å². The maximum absolute atomic E-state index is 12.1. The number of benzene rings is 1. The van der Waals surface area contributed by atoms with E-state index in [4.69, 9.17) is 14.2 Å². The molecular formula is C19H24NO4P. The number of carbonyl (C=O) groups is 1. The quantitative estimate of drug-likeness (QED) is 0.384. The van der Waals surface area contributed by atoms with Crippen LogP contribution in [0.2, 0.25) is 0 Å². The third-order valence-electron chi connectivity index (χ3n) is 4.22. The summed E-state index contributed by atoms with van der Waals surface area (Å²) in [5.74, 6) is 1.30. The minimum absolute atomic E-state index is 0.0270. The molecule has 6 heteroatoms. The summed E-state index contributed by atoms with van der Waals surface area (Å²) in [5, 5.41) is 0. The summed E-state index contributed by atoms with van der Waals surface area (Å²) in [6.07, 6.45) is 4.14. The van der Waals surface area contributed by atoms with Gasteiger partial charge in [0.05, 0.1) is 20.8 Å². The zero-order valence-electron chi connectivity index (χ0n) is 14.7. The lowest BCUT2D eigenvalue weighted by atomic mass is 9.89. The van der Waals surface area contributed by atoms with Crippen molar-refractivity contribution < 1.29 is 19.0 Å². The maximum Gasteiger partial charge on any atom is 0.161 e. The van der Waals surface area contributed by atoms with E-state index in [0.717, 1.165) is 17.5 Å². The van der Waals surface area contributed by atoms with E-state index in [2.05, 4.69) is 22.0 Å². The smallest absolute Gasteiger partial charge is 0.161 e. The van der Waals surface area contributed by atoms with Gasteiger partial charge in [-0.1, -0.05) is 21.5 Å². The van der Waals surface area contributed by atoms with E-state index < -0.39 is 0 Å². The number of rotatable bonds is 9. The third kappa shape index (κ3) is 4.37. The highest BCUT2D eigenvalue weighted by atomic mass is 31.0. The topological polar surface area (TPSA) is 48.0 Å². The van der Waals surface area contributed by atoms with Crippen molar-refractivity contribution in [2.75, 3.05) is 27.4 Å². The lowest BCUT2D eigenvalue weighted by Crippen LogP contribution is -2.41. The Balaban J connectivity index is 2.43. The standard InChI is InChI=1S/C19H24NO4P/c1-5-9-24-19(25)20-8-7-13-10-17(22-3)18(23-4)12-15(13)16(20)11-14(21)6-2/h5-6,10,12,16,25H,1-2,7-9,11H2,3-4H3/t16-/m0/s1. The van der Waals surface area contributed by atoms with Gasteiger partial charge in [-0.05, 0) is 35.8 Å². The SMILES string of the molecule is C=CCOC(=P)N1CCc2cc(OC)c(OC)cc2[C@@H]1CC(=O)C=C. The van der Waals surface area contributed by atoms with Crippen LogP contribution in [0.1, 0.15) is 23.6 Å². The molecule has 0 radical (unpaired) electrons. The minimum atomic E-state index is -0.175. The van der Waals surface area contributed by atoms with E-state index in [1.165, 1.54) is 6.08 Å². The molecule has 0 spiro atoms. The fourth-order valence-electron chi connectivity index (χ4n) is 2.99. The summed E-state index contributed by atoms with van der Waals surface area (Å²) in [4.78, 5) is 14.1. The van der Waals surface area contributed by atoms with Crippen LogP contribution < -0.4 is 9.47 Å². The minimum Gasteiger partial charge on any atom is -0.493 e. The lowest BCUT2D eigenvalue weighted by Gasteiger charge is -2.37. The largest absolute Gasteiger partial charge is 0.493 e. The van der Waals surface area contributed by atoms with Gasteiger partial charge in [0.15, 0.2) is 17.3 Å². The normalized spacial score (nSPS) is 16.6. The number of methoxy groups -OCH3 is 2. The molecule has 1 aromatic carbocycles. The van der Waals surface area contributed by atoms with Crippen molar-refractivity contribution in [3.63, 3.8) is 0 Å². The fourth-order valence-corrected chi connectivity index (χ4v) is 3.34. The zero-order valence-corrected chi connectivity index (χ0v) is 15.7. The molecule has 0 N–H and O–H groups in total. The Hall–Kier alpha value is -1.94. The Morgan fingerprint density at radius 1 is 1.32 bits per heavy atom. The highest BCUT2D eigenvalue weighted by Gasteiger charge is 2.32. The molecule has 0 aromatic heterocycles. The van der Waals surface area contributed by atoms with Crippen molar-refractivity contribution in [3.8, 4) is 11.5 Å². The number of allylic oxidation sites excluding steroid dienone is 1. The molecular weight excluding hydrogens is 337 g/mol. The molecule has 0 bridgehead atoms. The summed E-state index contributed by atoms with van der Waals surface area (Å²) in [7, 11) is 6.76. The fraction of sp³-hybridized carbons (Fsp3) is 0.368. The van der Waals surface area contributed by atoms with Crippen LogP contribution in [0.4, 0.5) is 0 Å². The van der Waals surface area contributed by atoms with Crippen LogP contribution in [0.25, 0.3) is 0 Å². The van der Waals surface area contributed by atoms with E-state index in [-0.39, 0.29) is 11.8 Å². The van der Waals surface area contributed by atoms with Crippen molar-refractivity contribution in [2.24, 2.45) is 0 Å². The van der Waals surface area contributed by atoms with Gasteiger partial charge >= 0.3 is 0 Å². The second kappa shape index (κ2) is 8.95. The summed E-state index contributed by atoms with van der Waals surface area (Å²) < 4.78 is 16.5. The van der Waals surface area contributed by atoms with Crippen LogP contribution in [0.5, 0.6) is 11.5 Å². The Bertz CT molecular complexity index is 686. The highest BCUT2D eigenvalue weighted by Crippen LogP contribution is 2.39. The van der Waals surface area contributed by atoms with Crippen molar-refractivity contribution in [1.29, 1.82) is 0 Å². The summed E-state index contributed by atoms with van der Waals surface area (Å²) in [6, 6.07) is 3.75. The van der Waals surface area contributed by atoms with E-state index >= 15 is 0 Å². The molecule has 5 nitrogen and oxygen atoms in total. The van der Waals surface area contributed by atoms with Crippen molar-refractivity contribution >= 4 is 20.3 Å². The molecule has 134 valence electrons. The molecule has 0 aliphatic carbocycles. The van der Waals surface area contributed by atoms with Crippen LogP contribution in [-0.2, 0) is 16.0 Å². The number of hydrogen-bond donors (Lipinski definition) is 0. The molecule has 0 unspecified atom stereocenters. The van der Waals surface area contributed by atoms with Crippen molar-refractivity contribution in [3.05, 3.63) is 48.6 Å². The number of ketones is 1. The highest BCUT2D eigenvalue weighted by molar-refractivity contribution is 7.20. The second-order valence-corrected chi connectivity index (χ2v) is 6.07. The number of nitrogens with zero attached hydrogens (tertiary/aromatic N) is 1. The number of ether oxygens (including phenoxy) is 3. The lowest BCUT2D eigenvalue weighted by molar-refractivity contribution is -0.115. The summed E-state index contributed by atoms with van der Waals surface area (Å²) in [5.41, 5.74) is 2.75. The van der Waals surface area contributed by atoms with Gasteiger partial charge in [-0.15, -0.1) is 6.58 Å². The Labute approximate surface area is 151 Å². The van der Waals surface area contributed by atoms with E-state index in [1.54, 1.807) is 20.3 Å². The average Bonchev–Trinajstić information content (AvgIpc) is 2.64. The van der Waals surface area contributed by atoms with E-state index in [1.807, 2.05) is 17.0 Å². The van der Waals surface area contributed by atoms with E-state index in [0.29, 0.717) is 36.7 Å². The zero-order chi connectivity index (χ0) is 18.4. The van der Waals surface area contributed by atoms with Crippen LogP contribution in [-0.4, -0.2) is 43.7 Å². The monoisotopic (exact) mass is 361 g/mol. The Morgan fingerprint density at radius 3 is 2.60 bits per heavy atom. The summed E-state index contributed by atoms with van der Waals surface area (Å²) in [6.45, 7) is 8.35. The molecule has 0 saturated carbocycles. The summed E-state index contributed by atoms with van der Waals surface area (Å²) >= 11 is 0.